The van der Waals surface area contributed by atoms with Gasteiger partial charge < -0.3 is 0 Å². The molecule has 2 rings (SSSR count). The normalized spacial score (nSPS) is 11.8. The number of aliphatic imine (C=N–C) groups is 2. The molecule has 0 saturated carbocycles. The van der Waals surface area contributed by atoms with Crippen LogP contribution in [0.4, 0.5) is 11.4 Å². The molecule has 198 valence electrons. The highest BCUT2D eigenvalue weighted by Gasteiger charge is 2.03. The SMILES string of the molecule is CCCCCc1cc(CCCCC)cc(N=CC=Nc2cc(CCCCC)cc(CCCCC)c2)c1. The summed E-state index contributed by atoms with van der Waals surface area (Å²) < 4.78 is 0. The zero-order valence-corrected chi connectivity index (χ0v) is 23.8. The number of hydrogen-bond donors (Lipinski definition) is 0. The fourth-order valence-corrected chi connectivity index (χ4v) is 4.77. The van der Waals surface area contributed by atoms with Crippen LogP contribution in [0.5, 0.6) is 0 Å². The Bertz CT molecular complexity index is 777. The first kappa shape index (κ1) is 30.0. The van der Waals surface area contributed by atoms with Gasteiger partial charge >= 0.3 is 0 Å². The summed E-state index contributed by atoms with van der Waals surface area (Å²) in [5.41, 5.74) is 7.85. The molecular weight excluding hydrogens is 436 g/mol. The molecule has 0 amide bonds. The van der Waals surface area contributed by atoms with E-state index in [0.29, 0.717) is 0 Å². The minimum atomic E-state index is 1.07. The van der Waals surface area contributed by atoms with E-state index in [1.807, 2.05) is 12.4 Å². The molecule has 36 heavy (non-hydrogen) atoms. The topological polar surface area (TPSA) is 24.7 Å². The Labute approximate surface area is 222 Å². The van der Waals surface area contributed by atoms with Gasteiger partial charge in [0.2, 0.25) is 0 Å². The lowest BCUT2D eigenvalue weighted by molar-refractivity contribution is 0.709. The summed E-state index contributed by atoms with van der Waals surface area (Å²) in [5.74, 6) is 0. The van der Waals surface area contributed by atoms with Gasteiger partial charge in [-0.3, -0.25) is 9.98 Å². The average molecular weight is 489 g/mol. The minimum absolute atomic E-state index is 1.07. The van der Waals surface area contributed by atoms with Crippen LogP contribution >= 0.6 is 0 Å². The van der Waals surface area contributed by atoms with Gasteiger partial charge in [0.1, 0.15) is 0 Å². The second kappa shape index (κ2) is 19.0. The van der Waals surface area contributed by atoms with E-state index in [9.17, 15) is 0 Å². The van der Waals surface area contributed by atoms with Crippen LogP contribution in [0.25, 0.3) is 0 Å². The Morgan fingerprint density at radius 2 is 0.694 bits per heavy atom. The molecule has 0 bridgehead atoms. The van der Waals surface area contributed by atoms with Gasteiger partial charge in [0.05, 0.1) is 11.4 Å². The van der Waals surface area contributed by atoms with Crippen LogP contribution in [0.15, 0.2) is 46.4 Å². The summed E-state index contributed by atoms with van der Waals surface area (Å²) in [7, 11) is 0. The van der Waals surface area contributed by atoms with Gasteiger partial charge in [-0.25, -0.2) is 0 Å². The van der Waals surface area contributed by atoms with Crippen molar-refractivity contribution in [3.05, 3.63) is 58.7 Å². The molecule has 0 N–H and O–H groups in total. The van der Waals surface area contributed by atoms with E-state index in [4.69, 9.17) is 9.98 Å². The Morgan fingerprint density at radius 1 is 0.417 bits per heavy atom. The summed E-state index contributed by atoms with van der Waals surface area (Å²) >= 11 is 0. The maximum atomic E-state index is 4.79. The van der Waals surface area contributed by atoms with Crippen molar-refractivity contribution in [2.24, 2.45) is 9.98 Å². The molecule has 0 heterocycles. The van der Waals surface area contributed by atoms with E-state index in [0.717, 1.165) is 37.1 Å². The Hall–Kier alpha value is -2.22. The van der Waals surface area contributed by atoms with Gasteiger partial charge in [0.15, 0.2) is 0 Å². The number of hydrogen-bond acceptors (Lipinski definition) is 2. The lowest BCUT2D eigenvalue weighted by atomic mass is 10.00. The van der Waals surface area contributed by atoms with Crippen molar-refractivity contribution in [2.75, 3.05) is 0 Å². The molecule has 0 aliphatic rings. The summed E-state index contributed by atoms with van der Waals surface area (Å²) in [6, 6.07) is 13.9. The summed E-state index contributed by atoms with van der Waals surface area (Å²) in [4.78, 5) is 9.58. The van der Waals surface area contributed by atoms with Crippen LogP contribution in [0, 0.1) is 0 Å². The highest BCUT2D eigenvalue weighted by molar-refractivity contribution is 6.17. The highest BCUT2D eigenvalue weighted by atomic mass is 14.8. The first-order valence-electron chi connectivity index (χ1n) is 15.0. The maximum absolute atomic E-state index is 4.79. The van der Waals surface area contributed by atoms with Crippen LogP contribution < -0.4 is 0 Å². The van der Waals surface area contributed by atoms with Crippen molar-refractivity contribution in [1.29, 1.82) is 0 Å². The van der Waals surface area contributed by atoms with Gasteiger partial charge in [-0.1, -0.05) is 91.2 Å². The molecule has 0 fully saturated rings. The predicted molar refractivity (Wildman–Crippen MR) is 162 cm³/mol. The summed E-state index contributed by atoms with van der Waals surface area (Å²) in [6.07, 6.45) is 23.6. The van der Waals surface area contributed by atoms with Gasteiger partial charge in [-0.15, -0.1) is 0 Å². The molecule has 2 heteroatoms. The fourth-order valence-electron chi connectivity index (χ4n) is 4.77. The molecule has 0 aliphatic heterocycles. The molecule has 0 saturated heterocycles. The molecule has 0 aliphatic carbocycles. The Morgan fingerprint density at radius 3 is 0.944 bits per heavy atom. The molecule has 0 spiro atoms. The highest BCUT2D eigenvalue weighted by Crippen LogP contribution is 2.23. The van der Waals surface area contributed by atoms with E-state index in [1.54, 1.807) is 0 Å². The van der Waals surface area contributed by atoms with Gasteiger partial charge in [0, 0.05) is 12.4 Å². The zero-order valence-electron chi connectivity index (χ0n) is 23.8. The molecular formula is C34H52N2. The molecule has 0 aromatic heterocycles. The van der Waals surface area contributed by atoms with Gasteiger partial charge in [-0.2, -0.15) is 0 Å². The van der Waals surface area contributed by atoms with Crippen LogP contribution in [-0.4, -0.2) is 12.4 Å². The van der Waals surface area contributed by atoms with E-state index in [1.165, 1.54) is 99.3 Å². The number of nitrogens with zero attached hydrogens (tertiary/aromatic N) is 2. The van der Waals surface area contributed by atoms with Crippen molar-refractivity contribution < 1.29 is 0 Å². The first-order chi connectivity index (χ1) is 17.7. The van der Waals surface area contributed by atoms with E-state index in [2.05, 4.69) is 64.1 Å². The smallest absolute Gasteiger partial charge is 0.0635 e. The van der Waals surface area contributed by atoms with Crippen LogP contribution in [0.2, 0.25) is 0 Å². The van der Waals surface area contributed by atoms with Crippen LogP contribution in [0.1, 0.15) is 127 Å². The van der Waals surface area contributed by atoms with Crippen molar-refractivity contribution in [2.45, 2.75) is 130 Å². The largest absolute Gasteiger partial charge is 0.255 e. The molecule has 2 aromatic rings. The molecule has 0 atom stereocenters. The number of rotatable bonds is 19. The standard InChI is InChI=1S/C34H52N2/c1-5-9-13-17-29-23-30(18-14-10-6-2)26-33(25-29)35-21-22-36-34-27-31(19-15-11-7-3)24-32(28-34)20-16-12-8-4/h21-28H,5-20H2,1-4H3. The van der Waals surface area contributed by atoms with E-state index < -0.39 is 0 Å². The summed E-state index contributed by atoms with van der Waals surface area (Å²) in [6.45, 7) is 9.08. The first-order valence-corrected chi connectivity index (χ1v) is 15.0. The number of unbranched alkanes of at least 4 members (excludes halogenated alkanes) is 8. The van der Waals surface area contributed by atoms with Gasteiger partial charge in [-0.05, 0) is 97.9 Å². The van der Waals surface area contributed by atoms with Gasteiger partial charge in [0.25, 0.3) is 0 Å². The fraction of sp³-hybridized carbons (Fsp3) is 0.588. The third-order valence-corrected chi connectivity index (χ3v) is 6.86. The van der Waals surface area contributed by atoms with Crippen molar-refractivity contribution in [3.8, 4) is 0 Å². The minimum Gasteiger partial charge on any atom is -0.255 e. The van der Waals surface area contributed by atoms with E-state index >= 15 is 0 Å². The van der Waals surface area contributed by atoms with Crippen molar-refractivity contribution >= 4 is 23.8 Å². The quantitative estimate of drug-likeness (QED) is 0.139. The number of aryl methyl sites for hydroxylation is 4. The average Bonchev–Trinajstić information content (AvgIpc) is 2.87. The van der Waals surface area contributed by atoms with Crippen LogP contribution in [0.3, 0.4) is 0 Å². The third kappa shape index (κ3) is 12.7. The van der Waals surface area contributed by atoms with Crippen molar-refractivity contribution in [1.82, 2.24) is 0 Å². The second-order valence-electron chi connectivity index (χ2n) is 10.4. The molecule has 2 nitrogen and oxygen atoms in total. The van der Waals surface area contributed by atoms with E-state index in [-0.39, 0.29) is 0 Å². The molecule has 0 radical (unpaired) electrons. The molecule has 2 aromatic carbocycles. The monoisotopic (exact) mass is 488 g/mol. The second-order valence-corrected chi connectivity index (χ2v) is 10.4. The zero-order chi connectivity index (χ0) is 25.8. The lowest BCUT2D eigenvalue weighted by Gasteiger charge is -2.08. The van der Waals surface area contributed by atoms with Crippen LogP contribution in [-0.2, 0) is 25.7 Å². The maximum Gasteiger partial charge on any atom is 0.0635 e. The Balaban J connectivity index is 2.13. The Kier molecular flexibility index (Phi) is 15.8. The van der Waals surface area contributed by atoms with Crippen molar-refractivity contribution in [3.63, 3.8) is 0 Å². The summed E-state index contributed by atoms with van der Waals surface area (Å²) in [5, 5.41) is 0. The number of benzene rings is 2. The lowest BCUT2D eigenvalue weighted by Crippen LogP contribution is -1.92. The predicted octanol–water partition coefficient (Wildman–Crippen LogP) is 10.7. The molecule has 0 unspecified atom stereocenters. The third-order valence-electron chi connectivity index (χ3n) is 6.86.